The van der Waals surface area contributed by atoms with Gasteiger partial charge in [-0.25, -0.2) is 0 Å². The molecule has 1 aromatic carbocycles. The Morgan fingerprint density at radius 2 is 1.86 bits per heavy atom. The lowest BCUT2D eigenvalue weighted by Crippen LogP contribution is -2.56. The summed E-state index contributed by atoms with van der Waals surface area (Å²) in [6, 6.07) is 8.71. The van der Waals surface area contributed by atoms with Crippen LogP contribution in [0.5, 0.6) is 0 Å². The quantitative estimate of drug-likeness (QED) is 0.273. The molecule has 0 radical (unpaired) electrons. The fourth-order valence-corrected chi connectivity index (χ4v) is 3.54. The molecule has 28 heavy (non-hydrogen) atoms. The first-order valence-corrected chi connectivity index (χ1v) is 9.85. The van der Waals surface area contributed by atoms with Gasteiger partial charge in [0.2, 0.25) is 0 Å². The molecule has 0 aromatic heterocycles. The van der Waals surface area contributed by atoms with E-state index in [2.05, 4.69) is 75.7 Å². The van der Waals surface area contributed by atoms with Crippen LogP contribution in [0.2, 0.25) is 0 Å². The molecule has 0 spiro atoms. The average Bonchev–Trinajstić information content (AvgIpc) is 3.24. The predicted molar refractivity (Wildman–Crippen MR) is 128 cm³/mol. The molecule has 6 nitrogen and oxygen atoms in total. The van der Waals surface area contributed by atoms with E-state index >= 15 is 0 Å². The van der Waals surface area contributed by atoms with E-state index in [0.717, 1.165) is 58.4 Å². The molecule has 0 atom stereocenters. The maximum Gasteiger partial charge on any atom is 0.191 e. The molecule has 0 aliphatic carbocycles. The summed E-state index contributed by atoms with van der Waals surface area (Å²) in [5, 5.41) is 6.92. The van der Waals surface area contributed by atoms with Crippen molar-refractivity contribution in [1.29, 1.82) is 0 Å². The summed E-state index contributed by atoms with van der Waals surface area (Å²) in [5.41, 5.74) is 2.59. The lowest BCUT2D eigenvalue weighted by Gasteiger charge is -2.41. The maximum atomic E-state index is 5.47. The van der Waals surface area contributed by atoms with Gasteiger partial charge in [0.15, 0.2) is 5.96 Å². The second-order valence-corrected chi connectivity index (χ2v) is 7.74. The minimum absolute atomic E-state index is 0. The van der Waals surface area contributed by atoms with Gasteiger partial charge in [0, 0.05) is 57.5 Å². The van der Waals surface area contributed by atoms with Crippen LogP contribution in [0, 0.1) is 0 Å². The number of aliphatic imine (C=N–C) groups is 1. The number of guanidine groups is 1. The van der Waals surface area contributed by atoms with Gasteiger partial charge in [-0.15, -0.1) is 24.0 Å². The topological polar surface area (TPSA) is 52.1 Å². The predicted octanol–water partition coefficient (Wildman–Crippen LogP) is 2.46. The van der Waals surface area contributed by atoms with Crippen molar-refractivity contribution < 1.29 is 4.74 Å². The molecule has 156 valence electrons. The Morgan fingerprint density at radius 1 is 1.14 bits per heavy atom. The van der Waals surface area contributed by atoms with Crippen molar-refractivity contribution in [3.05, 3.63) is 42.0 Å². The number of rotatable bonds is 6. The lowest BCUT2D eigenvalue weighted by atomic mass is 10.0. The van der Waals surface area contributed by atoms with E-state index in [0.29, 0.717) is 0 Å². The van der Waals surface area contributed by atoms with Crippen molar-refractivity contribution in [2.75, 3.05) is 57.9 Å². The van der Waals surface area contributed by atoms with E-state index in [9.17, 15) is 0 Å². The monoisotopic (exact) mass is 499 g/mol. The van der Waals surface area contributed by atoms with E-state index in [4.69, 9.17) is 4.74 Å². The van der Waals surface area contributed by atoms with Gasteiger partial charge in [-0.1, -0.05) is 24.3 Å². The maximum absolute atomic E-state index is 5.47. The Morgan fingerprint density at radius 3 is 2.54 bits per heavy atom. The molecule has 2 aliphatic heterocycles. The average molecular weight is 499 g/mol. The molecule has 2 N–H and O–H groups in total. The van der Waals surface area contributed by atoms with E-state index in [1.54, 1.807) is 0 Å². The number of nitrogens with one attached hydrogen (secondary N) is 2. The van der Waals surface area contributed by atoms with Crippen LogP contribution in [0.25, 0.3) is 0 Å². The number of ether oxygens (including phenoxy) is 1. The highest BCUT2D eigenvalue weighted by Crippen LogP contribution is 2.18. The number of nitrogens with zero attached hydrogens (tertiary/aromatic N) is 3. The number of anilines is 1. The van der Waals surface area contributed by atoms with Gasteiger partial charge in [-0.3, -0.25) is 9.89 Å². The van der Waals surface area contributed by atoms with E-state index in [1.165, 1.54) is 11.3 Å². The zero-order chi connectivity index (χ0) is 19.1. The second kappa shape index (κ2) is 11.0. The van der Waals surface area contributed by atoms with Crippen LogP contribution in [0.1, 0.15) is 19.4 Å². The Labute approximate surface area is 186 Å². The minimum atomic E-state index is 0. The van der Waals surface area contributed by atoms with Crippen LogP contribution in [-0.4, -0.2) is 69.4 Å². The van der Waals surface area contributed by atoms with Crippen LogP contribution in [0.3, 0.4) is 0 Å². The smallest absolute Gasteiger partial charge is 0.191 e. The third kappa shape index (κ3) is 6.35. The molecule has 0 saturated carbocycles. The van der Waals surface area contributed by atoms with Crippen LogP contribution >= 0.6 is 24.0 Å². The van der Waals surface area contributed by atoms with E-state index in [-0.39, 0.29) is 29.5 Å². The van der Waals surface area contributed by atoms with E-state index < -0.39 is 0 Å². The zero-order valence-corrected chi connectivity index (χ0v) is 19.6. The van der Waals surface area contributed by atoms with Gasteiger partial charge in [0.05, 0.1) is 13.2 Å². The molecular formula is C21H34IN5O. The number of hydrogen-bond acceptors (Lipinski definition) is 4. The van der Waals surface area contributed by atoms with Crippen LogP contribution in [0.15, 0.2) is 41.4 Å². The third-order valence-electron chi connectivity index (χ3n) is 5.33. The summed E-state index contributed by atoms with van der Waals surface area (Å²) in [5.74, 6) is 0.838. The molecule has 1 saturated heterocycles. The Balaban J connectivity index is 0.00000280. The first-order chi connectivity index (χ1) is 13.1. The Hall–Kier alpha value is -1.32. The molecular weight excluding hydrogens is 465 g/mol. The third-order valence-corrected chi connectivity index (χ3v) is 5.33. The first kappa shape index (κ1) is 23.0. The number of hydrogen-bond donors (Lipinski definition) is 2. The summed E-state index contributed by atoms with van der Waals surface area (Å²) < 4.78 is 5.47. The van der Waals surface area contributed by atoms with E-state index in [1.807, 2.05) is 7.05 Å². The fraction of sp³-hybridized carbons (Fsp3) is 0.571. The lowest BCUT2D eigenvalue weighted by molar-refractivity contribution is -0.00834. The summed E-state index contributed by atoms with van der Waals surface area (Å²) in [6.45, 7) is 11.7. The SMILES string of the molecule is CN=C(NCc1cccc(N2CC=CC2)c1)NCC(C)(C)N1CCOCC1.I. The molecule has 3 rings (SSSR count). The van der Waals surface area contributed by atoms with Gasteiger partial charge in [-0.05, 0) is 31.5 Å². The summed E-state index contributed by atoms with van der Waals surface area (Å²) in [7, 11) is 1.82. The first-order valence-electron chi connectivity index (χ1n) is 9.85. The molecule has 0 unspecified atom stereocenters. The highest BCUT2D eigenvalue weighted by atomic mass is 127. The van der Waals surface area contributed by atoms with Crippen LogP contribution in [-0.2, 0) is 11.3 Å². The van der Waals surface area contributed by atoms with Crippen molar-refractivity contribution in [3.8, 4) is 0 Å². The molecule has 0 bridgehead atoms. The molecule has 2 aliphatic rings. The number of morpholine rings is 1. The van der Waals surface area contributed by atoms with Crippen molar-refractivity contribution in [3.63, 3.8) is 0 Å². The minimum Gasteiger partial charge on any atom is -0.379 e. The largest absolute Gasteiger partial charge is 0.379 e. The Bertz CT molecular complexity index is 663. The zero-order valence-electron chi connectivity index (χ0n) is 17.3. The van der Waals surface area contributed by atoms with Gasteiger partial charge in [-0.2, -0.15) is 0 Å². The van der Waals surface area contributed by atoms with Gasteiger partial charge in [0.25, 0.3) is 0 Å². The van der Waals surface area contributed by atoms with Crippen molar-refractivity contribution in [2.24, 2.45) is 4.99 Å². The normalized spacial score (nSPS) is 18.1. The molecule has 7 heteroatoms. The second-order valence-electron chi connectivity index (χ2n) is 7.74. The molecule has 0 amide bonds. The van der Waals surface area contributed by atoms with Crippen molar-refractivity contribution >= 4 is 35.6 Å². The van der Waals surface area contributed by atoms with Gasteiger partial charge in [0.1, 0.15) is 0 Å². The molecule has 1 fully saturated rings. The number of halogens is 1. The summed E-state index contributed by atoms with van der Waals surface area (Å²) in [4.78, 5) is 9.22. The highest BCUT2D eigenvalue weighted by Gasteiger charge is 2.28. The van der Waals surface area contributed by atoms with Crippen LogP contribution in [0.4, 0.5) is 5.69 Å². The van der Waals surface area contributed by atoms with Gasteiger partial charge < -0.3 is 20.3 Å². The van der Waals surface area contributed by atoms with Crippen LogP contribution < -0.4 is 15.5 Å². The highest BCUT2D eigenvalue weighted by molar-refractivity contribution is 14.0. The Kier molecular flexibility index (Phi) is 9.04. The fourth-order valence-electron chi connectivity index (χ4n) is 3.54. The van der Waals surface area contributed by atoms with Crippen molar-refractivity contribution in [1.82, 2.24) is 15.5 Å². The van der Waals surface area contributed by atoms with Gasteiger partial charge >= 0.3 is 0 Å². The number of benzene rings is 1. The summed E-state index contributed by atoms with van der Waals surface area (Å²) in [6.07, 6.45) is 4.43. The molecule has 2 heterocycles. The van der Waals surface area contributed by atoms with Crippen molar-refractivity contribution in [2.45, 2.75) is 25.9 Å². The molecule has 1 aromatic rings. The standard InChI is InChI=1S/C21H33N5O.HI/c1-21(2,26-11-13-27-14-12-26)17-24-20(22-3)23-16-18-7-6-8-19(15-18)25-9-4-5-10-25;/h4-8,15H,9-14,16-17H2,1-3H3,(H2,22,23,24);1H. The summed E-state index contributed by atoms with van der Waals surface area (Å²) >= 11 is 0.